The van der Waals surface area contributed by atoms with E-state index in [2.05, 4.69) is 36.0 Å². The minimum atomic E-state index is 0.654. The monoisotopic (exact) mass is 199 g/mol. The number of nitrogens with one attached hydrogen (secondary N) is 1. The summed E-state index contributed by atoms with van der Waals surface area (Å²) in [6.45, 7) is 9.44. The highest BCUT2D eigenvalue weighted by molar-refractivity contribution is 4.80. The fourth-order valence-corrected chi connectivity index (χ4v) is 2.46. The average molecular weight is 199 g/mol. The van der Waals surface area contributed by atoms with E-state index >= 15 is 0 Å². The maximum atomic E-state index is 3.26. The zero-order valence-corrected chi connectivity index (χ0v) is 10.1. The van der Waals surface area contributed by atoms with Crippen molar-refractivity contribution >= 4 is 0 Å². The Hall–Kier alpha value is -0.120. The highest BCUT2D eigenvalue weighted by atomic mass is 15.3. The normalized spacial score (nSPS) is 28.7. The van der Waals surface area contributed by atoms with Gasteiger partial charge in [-0.3, -0.25) is 4.90 Å². The molecule has 1 heterocycles. The van der Waals surface area contributed by atoms with Gasteiger partial charge >= 0.3 is 0 Å². The molecule has 0 amide bonds. The second-order valence-electron chi connectivity index (χ2n) is 4.61. The summed E-state index contributed by atoms with van der Waals surface area (Å²) in [5.41, 5.74) is 0. The van der Waals surface area contributed by atoms with Crippen LogP contribution in [0.2, 0.25) is 0 Å². The summed E-state index contributed by atoms with van der Waals surface area (Å²) in [4.78, 5) is 5.07. The molecule has 0 bridgehead atoms. The minimum Gasteiger partial charge on any atom is -0.318 e. The Kier molecular flexibility index (Phi) is 4.85. The molecule has 0 radical (unpaired) electrons. The number of hydrogen-bond donors (Lipinski definition) is 1. The third-order valence-electron chi connectivity index (χ3n) is 3.16. The molecular formula is C11H25N3. The quantitative estimate of drug-likeness (QED) is 0.719. The lowest BCUT2D eigenvalue weighted by Crippen LogP contribution is -2.46. The fourth-order valence-electron chi connectivity index (χ4n) is 2.46. The summed E-state index contributed by atoms with van der Waals surface area (Å²) >= 11 is 0. The van der Waals surface area contributed by atoms with Gasteiger partial charge in [0.15, 0.2) is 0 Å². The van der Waals surface area contributed by atoms with E-state index in [0.717, 1.165) is 6.54 Å². The molecule has 1 aliphatic rings. The van der Waals surface area contributed by atoms with Crippen molar-refractivity contribution in [2.75, 3.05) is 40.3 Å². The van der Waals surface area contributed by atoms with Gasteiger partial charge in [0.25, 0.3) is 0 Å². The molecule has 1 fully saturated rings. The lowest BCUT2D eigenvalue weighted by Gasteiger charge is -2.33. The molecule has 0 spiro atoms. The predicted molar refractivity (Wildman–Crippen MR) is 61.7 cm³/mol. The zero-order chi connectivity index (χ0) is 10.6. The smallest absolute Gasteiger partial charge is 0.0198 e. The first-order valence-corrected chi connectivity index (χ1v) is 5.74. The van der Waals surface area contributed by atoms with Gasteiger partial charge in [0.1, 0.15) is 0 Å². The number of nitrogens with zero attached hydrogens (tertiary/aromatic N) is 2. The number of rotatable bonds is 3. The molecule has 3 heteroatoms. The van der Waals surface area contributed by atoms with Gasteiger partial charge in [0, 0.05) is 31.7 Å². The minimum absolute atomic E-state index is 0.654. The summed E-state index contributed by atoms with van der Waals surface area (Å²) in [7, 11) is 4.26. The molecule has 2 atom stereocenters. The Labute approximate surface area is 88.5 Å². The van der Waals surface area contributed by atoms with Crippen LogP contribution in [0.5, 0.6) is 0 Å². The summed E-state index contributed by atoms with van der Waals surface area (Å²) < 4.78 is 0. The molecule has 1 aliphatic heterocycles. The molecule has 1 N–H and O–H groups in total. The van der Waals surface area contributed by atoms with E-state index in [1.807, 2.05) is 7.05 Å². The van der Waals surface area contributed by atoms with E-state index in [9.17, 15) is 0 Å². The van der Waals surface area contributed by atoms with Gasteiger partial charge in [-0.15, -0.1) is 0 Å². The van der Waals surface area contributed by atoms with E-state index in [0.29, 0.717) is 12.1 Å². The molecular weight excluding hydrogens is 174 g/mol. The maximum Gasteiger partial charge on any atom is 0.0198 e. The summed E-state index contributed by atoms with van der Waals surface area (Å²) in [6, 6.07) is 1.34. The Morgan fingerprint density at radius 2 is 2.14 bits per heavy atom. The molecule has 2 unspecified atom stereocenters. The van der Waals surface area contributed by atoms with Crippen molar-refractivity contribution in [1.82, 2.24) is 15.1 Å². The largest absolute Gasteiger partial charge is 0.318 e. The van der Waals surface area contributed by atoms with Gasteiger partial charge in [-0.1, -0.05) is 0 Å². The van der Waals surface area contributed by atoms with Crippen LogP contribution in [0.15, 0.2) is 0 Å². The van der Waals surface area contributed by atoms with Crippen molar-refractivity contribution in [2.24, 2.45) is 0 Å². The van der Waals surface area contributed by atoms with Crippen molar-refractivity contribution in [3.8, 4) is 0 Å². The second kappa shape index (κ2) is 5.69. The standard InChI is InChI=1S/C11H25N3/c1-10(8-12-3)14-7-5-6-13(4)9-11(14)2/h10-12H,5-9H2,1-4H3. The van der Waals surface area contributed by atoms with Crippen molar-refractivity contribution in [1.29, 1.82) is 0 Å². The van der Waals surface area contributed by atoms with Crippen LogP contribution in [0, 0.1) is 0 Å². The second-order valence-corrected chi connectivity index (χ2v) is 4.61. The van der Waals surface area contributed by atoms with Crippen molar-refractivity contribution in [3.63, 3.8) is 0 Å². The lowest BCUT2D eigenvalue weighted by molar-refractivity contribution is 0.151. The molecule has 84 valence electrons. The summed E-state index contributed by atoms with van der Waals surface area (Å²) in [5.74, 6) is 0. The van der Waals surface area contributed by atoms with Crippen LogP contribution in [0.3, 0.4) is 0 Å². The summed E-state index contributed by atoms with van der Waals surface area (Å²) in [5, 5.41) is 3.26. The average Bonchev–Trinajstić information content (AvgIpc) is 2.27. The van der Waals surface area contributed by atoms with E-state index in [4.69, 9.17) is 0 Å². The Morgan fingerprint density at radius 1 is 1.43 bits per heavy atom. The van der Waals surface area contributed by atoms with Gasteiger partial charge in [-0.25, -0.2) is 0 Å². The topological polar surface area (TPSA) is 18.5 Å². The Bertz CT molecular complexity index is 161. The van der Waals surface area contributed by atoms with Gasteiger partial charge in [-0.05, 0) is 40.9 Å². The molecule has 1 saturated heterocycles. The Balaban J connectivity index is 2.49. The van der Waals surface area contributed by atoms with Crippen LogP contribution in [-0.4, -0.2) is 62.2 Å². The van der Waals surface area contributed by atoms with Gasteiger partial charge < -0.3 is 10.2 Å². The van der Waals surface area contributed by atoms with E-state index < -0.39 is 0 Å². The molecule has 0 aliphatic carbocycles. The maximum absolute atomic E-state index is 3.26. The number of hydrogen-bond acceptors (Lipinski definition) is 3. The van der Waals surface area contributed by atoms with E-state index in [-0.39, 0.29) is 0 Å². The van der Waals surface area contributed by atoms with Gasteiger partial charge in [0.05, 0.1) is 0 Å². The molecule has 0 saturated carbocycles. The fraction of sp³-hybridized carbons (Fsp3) is 1.00. The molecule has 3 nitrogen and oxygen atoms in total. The first kappa shape index (κ1) is 12.0. The van der Waals surface area contributed by atoms with E-state index in [1.165, 1.54) is 26.1 Å². The van der Waals surface area contributed by atoms with Crippen LogP contribution in [0.25, 0.3) is 0 Å². The van der Waals surface area contributed by atoms with Crippen LogP contribution < -0.4 is 5.32 Å². The first-order valence-electron chi connectivity index (χ1n) is 5.74. The lowest BCUT2D eigenvalue weighted by atomic mass is 10.2. The highest BCUT2D eigenvalue weighted by Gasteiger charge is 2.22. The van der Waals surface area contributed by atoms with Crippen molar-refractivity contribution < 1.29 is 0 Å². The molecule has 0 aromatic rings. The van der Waals surface area contributed by atoms with Crippen LogP contribution in [0.4, 0.5) is 0 Å². The molecule has 14 heavy (non-hydrogen) atoms. The molecule has 1 rings (SSSR count). The number of likely N-dealkylation sites (N-methyl/N-ethyl adjacent to an activating group) is 2. The third-order valence-corrected chi connectivity index (χ3v) is 3.16. The van der Waals surface area contributed by atoms with Crippen LogP contribution in [0.1, 0.15) is 20.3 Å². The predicted octanol–water partition coefficient (Wildman–Crippen LogP) is 0.620. The van der Waals surface area contributed by atoms with Crippen molar-refractivity contribution in [2.45, 2.75) is 32.4 Å². The van der Waals surface area contributed by atoms with E-state index in [1.54, 1.807) is 0 Å². The molecule has 0 aromatic heterocycles. The van der Waals surface area contributed by atoms with Gasteiger partial charge in [-0.2, -0.15) is 0 Å². The molecule has 0 aromatic carbocycles. The third kappa shape index (κ3) is 3.23. The highest BCUT2D eigenvalue weighted by Crippen LogP contribution is 2.11. The van der Waals surface area contributed by atoms with Crippen LogP contribution in [-0.2, 0) is 0 Å². The van der Waals surface area contributed by atoms with Crippen LogP contribution >= 0.6 is 0 Å². The van der Waals surface area contributed by atoms with Crippen molar-refractivity contribution in [3.05, 3.63) is 0 Å². The summed E-state index contributed by atoms with van der Waals surface area (Å²) in [6.07, 6.45) is 1.30. The Morgan fingerprint density at radius 3 is 2.79 bits per heavy atom. The van der Waals surface area contributed by atoms with Gasteiger partial charge in [0.2, 0.25) is 0 Å². The zero-order valence-electron chi connectivity index (χ0n) is 10.1. The first-order chi connectivity index (χ1) is 6.65. The SMILES string of the molecule is CNCC(C)N1CCCN(C)CC1C.